The minimum absolute atomic E-state index is 0.0884. The Hall–Kier alpha value is -2.82. The Balaban J connectivity index is 1.74. The van der Waals surface area contributed by atoms with E-state index in [0.29, 0.717) is 28.3 Å². The van der Waals surface area contributed by atoms with Crippen LogP contribution in [0.4, 0.5) is 0 Å². The van der Waals surface area contributed by atoms with Crippen molar-refractivity contribution in [2.45, 2.75) is 26.9 Å². The molecule has 0 aliphatic rings. The van der Waals surface area contributed by atoms with Gasteiger partial charge in [-0.1, -0.05) is 0 Å². The zero-order chi connectivity index (χ0) is 16.4. The van der Waals surface area contributed by atoms with E-state index in [2.05, 4.69) is 4.98 Å². The first-order chi connectivity index (χ1) is 11.0. The fourth-order valence-electron chi connectivity index (χ4n) is 2.19. The summed E-state index contributed by atoms with van der Waals surface area (Å²) in [4.78, 5) is 16.4. The Labute approximate surface area is 133 Å². The van der Waals surface area contributed by atoms with Crippen LogP contribution in [0, 0.1) is 6.92 Å². The molecular formula is C18H17NO4. The van der Waals surface area contributed by atoms with E-state index in [1.807, 2.05) is 13.8 Å². The van der Waals surface area contributed by atoms with Gasteiger partial charge in [0.1, 0.15) is 17.0 Å². The summed E-state index contributed by atoms with van der Waals surface area (Å²) < 4.78 is 16.3. The maximum atomic E-state index is 12.2. The number of rotatable bonds is 4. The number of aryl methyl sites for hydroxylation is 1. The van der Waals surface area contributed by atoms with Crippen molar-refractivity contribution >= 4 is 17.1 Å². The van der Waals surface area contributed by atoms with Crippen LogP contribution in [0.3, 0.4) is 0 Å². The van der Waals surface area contributed by atoms with Crippen LogP contribution in [0.15, 0.2) is 46.9 Å². The molecule has 0 aliphatic carbocycles. The normalized spacial score (nSPS) is 11.0. The molecule has 0 atom stereocenters. The van der Waals surface area contributed by atoms with Crippen LogP contribution >= 0.6 is 0 Å². The number of benzene rings is 2. The number of carbonyl (C=O) groups is 1. The molecule has 3 aromatic rings. The average molecular weight is 311 g/mol. The van der Waals surface area contributed by atoms with Crippen molar-refractivity contribution in [1.82, 2.24) is 4.98 Å². The van der Waals surface area contributed by atoms with E-state index in [1.165, 1.54) is 0 Å². The molecule has 118 valence electrons. The van der Waals surface area contributed by atoms with E-state index >= 15 is 0 Å². The van der Waals surface area contributed by atoms with Crippen LogP contribution in [-0.4, -0.2) is 17.1 Å². The maximum absolute atomic E-state index is 12.2. The number of fused-ring (bicyclic) bond motifs is 1. The van der Waals surface area contributed by atoms with Gasteiger partial charge in [0.15, 0.2) is 11.5 Å². The highest BCUT2D eigenvalue weighted by molar-refractivity contribution is 5.91. The van der Waals surface area contributed by atoms with Crippen LogP contribution in [0.1, 0.15) is 30.1 Å². The van der Waals surface area contributed by atoms with Gasteiger partial charge in [-0.3, -0.25) is 0 Å². The van der Waals surface area contributed by atoms with Gasteiger partial charge in [-0.25, -0.2) is 9.78 Å². The summed E-state index contributed by atoms with van der Waals surface area (Å²) in [5.74, 6) is 1.29. The smallest absolute Gasteiger partial charge is 0.343 e. The summed E-state index contributed by atoms with van der Waals surface area (Å²) in [5, 5.41) is 0. The Morgan fingerprint density at radius 2 is 1.78 bits per heavy atom. The van der Waals surface area contributed by atoms with Gasteiger partial charge in [0, 0.05) is 13.0 Å². The molecule has 0 spiro atoms. The Morgan fingerprint density at radius 1 is 1.09 bits per heavy atom. The fourth-order valence-corrected chi connectivity index (χ4v) is 2.19. The molecular weight excluding hydrogens is 294 g/mol. The lowest BCUT2D eigenvalue weighted by molar-refractivity contribution is 0.0735. The van der Waals surface area contributed by atoms with Gasteiger partial charge in [0.25, 0.3) is 0 Å². The van der Waals surface area contributed by atoms with Crippen LogP contribution in [0.25, 0.3) is 11.1 Å². The first-order valence-corrected chi connectivity index (χ1v) is 7.37. The summed E-state index contributed by atoms with van der Waals surface area (Å²) in [6.07, 6.45) is 0.0884. The number of hydrogen-bond donors (Lipinski definition) is 0. The second-order valence-corrected chi connectivity index (χ2v) is 5.44. The van der Waals surface area contributed by atoms with Crippen LogP contribution < -0.4 is 9.47 Å². The summed E-state index contributed by atoms with van der Waals surface area (Å²) in [7, 11) is 0. The topological polar surface area (TPSA) is 61.6 Å². The SMILES string of the molecule is Cc1nc2cc(OC(=O)c3ccc(OC(C)C)cc3)ccc2o1. The number of hydrogen-bond acceptors (Lipinski definition) is 5. The number of ether oxygens (including phenoxy) is 2. The first kappa shape index (κ1) is 15.1. The molecule has 1 heterocycles. The van der Waals surface area contributed by atoms with Crippen molar-refractivity contribution in [3.05, 3.63) is 53.9 Å². The minimum atomic E-state index is -0.430. The van der Waals surface area contributed by atoms with E-state index in [0.717, 1.165) is 5.75 Å². The van der Waals surface area contributed by atoms with Gasteiger partial charge in [-0.2, -0.15) is 0 Å². The Kier molecular flexibility index (Phi) is 4.02. The molecule has 5 nitrogen and oxygen atoms in total. The fraction of sp³-hybridized carbons (Fsp3) is 0.222. The molecule has 0 amide bonds. The van der Waals surface area contributed by atoms with Gasteiger partial charge in [-0.05, 0) is 50.2 Å². The molecule has 0 fully saturated rings. The van der Waals surface area contributed by atoms with Crippen LogP contribution in [0.2, 0.25) is 0 Å². The Morgan fingerprint density at radius 3 is 2.48 bits per heavy atom. The second kappa shape index (κ2) is 6.12. The molecule has 0 saturated carbocycles. The molecule has 0 radical (unpaired) electrons. The second-order valence-electron chi connectivity index (χ2n) is 5.44. The maximum Gasteiger partial charge on any atom is 0.343 e. The third-order valence-corrected chi connectivity index (χ3v) is 3.14. The first-order valence-electron chi connectivity index (χ1n) is 7.37. The molecule has 23 heavy (non-hydrogen) atoms. The highest BCUT2D eigenvalue weighted by atomic mass is 16.5. The third-order valence-electron chi connectivity index (χ3n) is 3.14. The molecule has 0 saturated heterocycles. The number of esters is 1. The van der Waals surface area contributed by atoms with E-state index in [9.17, 15) is 4.79 Å². The quantitative estimate of drug-likeness (QED) is 0.535. The third kappa shape index (κ3) is 3.51. The van der Waals surface area contributed by atoms with Crippen LogP contribution in [-0.2, 0) is 0 Å². The van der Waals surface area contributed by atoms with Crippen molar-refractivity contribution in [2.75, 3.05) is 0 Å². The molecule has 0 unspecified atom stereocenters. The number of nitrogens with zero attached hydrogens (tertiary/aromatic N) is 1. The van der Waals surface area contributed by atoms with E-state index in [-0.39, 0.29) is 6.10 Å². The Bertz CT molecular complexity index is 834. The van der Waals surface area contributed by atoms with Crippen molar-refractivity contribution in [2.24, 2.45) is 0 Å². The zero-order valence-electron chi connectivity index (χ0n) is 13.2. The number of aromatic nitrogens is 1. The van der Waals surface area contributed by atoms with E-state index < -0.39 is 5.97 Å². The van der Waals surface area contributed by atoms with Gasteiger partial charge < -0.3 is 13.9 Å². The predicted octanol–water partition coefficient (Wildman–Crippen LogP) is 4.14. The molecule has 0 aliphatic heterocycles. The predicted molar refractivity (Wildman–Crippen MR) is 85.9 cm³/mol. The summed E-state index contributed by atoms with van der Waals surface area (Å²) in [6, 6.07) is 12.0. The van der Waals surface area contributed by atoms with Crippen LogP contribution in [0.5, 0.6) is 11.5 Å². The summed E-state index contributed by atoms with van der Waals surface area (Å²) in [6.45, 7) is 5.67. The number of carbonyl (C=O) groups excluding carboxylic acids is 1. The molecule has 0 N–H and O–H groups in total. The molecule has 1 aromatic heterocycles. The van der Waals surface area contributed by atoms with Crippen molar-refractivity contribution in [1.29, 1.82) is 0 Å². The highest BCUT2D eigenvalue weighted by Crippen LogP contribution is 2.22. The highest BCUT2D eigenvalue weighted by Gasteiger charge is 2.11. The monoisotopic (exact) mass is 311 g/mol. The standard InChI is InChI=1S/C18H17NO4/c1-11(2)21-14-6-4-13(5-7-14)18(20)23-15-8-9-17-16(10-15)19-12(3)22-17/h4-11H,1-3H3. The number of oxazole rings is 1. The molecule has 2 aromatic carbocycles. The molecule has 3 rings (SSSR count). The largest absolute Gasteiger partial charge is 0.491 e. The van der Waals surface area contributed by atoms with Crippen molar-refractivity contribution in [3.8, 4) is 11.5 Å². The molecule has 0 bridgehead atoms. The lowest BCUT2D eigenvalue weighted by atomic mass is 10.2. The summed E-state index contributed by atoms with van der Waals surface area (Å²) in [5.41, 5.74) is 1.78. The van der Waals surface area contributed by atoms with Crippen molar-refractivity contribution in [3.63, 3.8) is 0 Å². The lowest BCUT2D eigenvalue weighted by Crippen LogP contribution is -2.09. The van der Waals surface area contributed by atoms with E-state index in [1.54, 1.807) is 49.4 Å². The van der Waals surface area contributed by atoms with E-state index in [4.69, 9.17) is 13.9 Å². The lowest BCUT2D eigenvalue weighted by Gasteiger charge is -2.10. The van der Waals surface area contributed by atoms with Gasteiger partial charge in [0.2, 0.25) is 0 Å². The minimum Gasteiger partial charge on any atom is -0.491 e. The molecule has 5 heteroatoms. The average Bonchev–Trinajstić information content (AvgIpc) is 2.86. The van der Waals surface area contributed by atoms with Gasteiger partial charge in [-0.15, -0.1) is 0 Å². The zero-order valence-corrected chi connectivity index (χ0v) is 13.2. The summed E-state index contributed by atoms with van der Waals surface area (Å²) >= 11 is 0. The van der Waals surface area contributed by atoms with Crippen molar-refractivity contribution < 1.29 is 18.7 Å². The van der Waals surface area contributed by atoms with Gasteiger partial charge >= 0.3 is 5.97 Å². The van der Waals surface area contributed by atoms with Gasteiger partial charge in [0.05, 0.1) is 11.7 Å².